The molecule has 0 saturated heterocycles. The van der Waals surface area contributed by atoms with Crippen LogP contribution in [0.3, 0.4) is 0 Å². The number of amides is 2. The minimum Gasteiger partial charge on any atom is -0.480 e. The van der Waals surface area contributed by atoms with E-state index in [9.17, 15) is 9.59 Å². The maximum atomic E-state index is 11.7. The van der Waals surface area contributed by atoms with Gasteiger partial charge in [-0.3, -0.25) is 0 Å². The van der Waals surface area contributed by atoms with Gasteiger partial charge in [-0.2, -0.15) is 0 Å². The average Bonchev–Trinajstić information content (AvgIpc) is 2.88. The molecule has 86 valence electrons. The molecular weight excluding hydrogens is 196 g/mol. The van der Waals surface area contributed by atoms with Gasteiger partial charge in [-0.1, -0.05) is 0 Å². The zero-order valence-corrected chi connectivity index (χ0v) is 9.41. The molecule has 0 aromatic carbocycles. The van der Waals surface area contributed by atoms with Crippen LogP contribution >= 0.6 is 0 Å². The van der Waals surface area contributed by atoms with Gasteiger partial charge in [-0.15, -0.1) is 0 Å². The summed E-state index contributed by atoms with van der Waals surface area (Å²) in [5, 5.41) is 11.4. The molecule has 5 heteroatoms. The van der Waals surface area contributed by atoms with Gasteiger partial charge < -0.3 is 15.3 Å². The molecule has 0 spiro atoms. The third-order valence-corrected chi connectivity index (χ3v) is 2.54. The van der Waals surface area contributed by atoms with Crippen molar-refractivity contribution in [2.75, 3.05) is 6.54 Å². The Morgan fingerprint density at radius 3 is 2.33 bits per heavy atom. The fourth-order valence-corrected chi connectivity index (χ4v) is 1.35. The van der Waals surface area contributed by atoms with E-state index in [0.29, 0.717) is 12.6 Å². The summed E-state index contributed by atoms with van der Waals surface area (Å²) in [6.45, 7) is 5.47. The molecule has 1 aliphatic rings. The van der Waals surface area contributed by atoms with Crippen LogP contribution in [0, 0.1) is 0 Å². The van der Waals surface area contributed by atoms with Crippen LogP contribution < -0.4 is 5.32 Å². The van der Waals surface area contributed by atoms with Crippen LogP contribution in [0.4, 0.5) is 4.79 Å². The van der Waals surface area contributed by atoms with E-state index in [0.717, 1.165) is 12.8 Å². The molecule has 1 aliphatic carbocycles. The second-order valence-electron chi connectivity index (χ2n) is 4.38. The van der Waals surface area contributed by atoms with Crippen molar-refractivity contribution in [1.82, 2.24) is 10.2 Å². The van der Waals surface area contributed by atoms with Gasteiger partial charge in [0.25, 0.3) is 0 Å². The number of carboxylic acids is 1. The summed E-state index contributed by atoms with van der Waals surface area (Å²) >= 11 is 0. The van der Waals surface area contributed by atoms with Gasteiger partial charge in [0, 0.05) is 12.6 Å². The topological polar surface area (TPSA) is 69.6 Å². The quantitative estimate of drug-likeness (QED) is 0.734. The lowest BCUT2D eigenvalue weighted by Crippen LogP contribution is -2.54. The number of carbonyl (C=O) groups excluding carboxylic acids is 1. The van der Waals surface area contributed by atoms with Crippen molar-refractivity contribution < 1.29 is 14.7 Å². The Balaban J connectivity index is 2.56. The summed E-state index contributed by atoms with van der Waals surface area (Å²) in [7, 11) is 0. The molecule has 1 fully saturated rings. The van der Waals surface area contributed by atoms with Crippen LogP contribution in [0.25, 0.3) is 0 Å². The summed E-state index contributed by atoms with van der Waals surface area (Å²) < 4.78 is 0. The second-order valence-corrected chi connectivity index (χ2v) is 4.38. The van der Waals surface area contributed by atoms with Crippen LogP contribution in [-0.4, -0.2) is 40.1 Å². The Bertz CT molecular complexity index is 272. The molecule has 2 amide bonds. The number of carboxylic acid groups (broad SMARTS) is 1. The van der Waals surface area contributed by atoms with Crippen LogP contribution in [0.15, 0.2) is 0 Å². The number of urea groups is 1. The van der Waals surface area contributed by atoms with Gasteiger partial charge in [-0.05, 0) is 33.6 Å². The SMILES string of the molecule is CCN(C(=O)NC(C)(C)C(=O)O)C1CC1. The fourth-order valence-electron chi connectivity index (χ4n) is 1.35. The summed E-state index contributed by atoms with van der Waals surface area (Å²) in [4.78, 5) is 24.2. The fraction of sp³-hybridized carbons (Fsp3) is 0.800. The maximum Gasteiger partial charge on any atom is 0.328 e. The molecule has 0 radical (unpaired) electrons. The predicted octanol–water partition coefficient (Wildman–Crippen LogP) is 1.04. The van der Waals surface area contributed by atoms with Crippen LogP contribution in [0.1, 0.15) is 33.6 Å². The summed E-state index contributed by atoms with van der Waals surface area (Å²) in [5.74, 6) is -1.03. The highest BCUT2D eigenvalue weighted by atomic mass is 16.4. The van der Waals surface area contributed by atoms with Gasteiger partial charge in [0.1, 0.15) is 5.54 Å². The van der Waals surface area contributed by atoms with Gasteiger partial charge in [0.05, 0.1) is 0 Å². The predicted molar refractivity (Wildman–Crippen MR) is 55.6 cm³/mol. The largest absolute Gasteiger partial charge is 0.480 e. The highest BCUT2D eigenvalue weighted by Crippen LogP contribution is 2.26. The van der Waals surface area contributed by atoms with E-state index in [1.807, 2.05) is 6.92 Å². The molecule has 0 unspecified atom stereocenters. The summed E-state index contributed by atoms with van der Waals surface area (Å²) in [6, 6.07) is 0.0204. The van der Waals surface area contributed by atoms with Crippen molar-refractivity contribution in [2.45, 2.75) is 45.2 Å². The molecule has 0 aromatic heterocycles. The van der Waals surface area contributed by atoms with Crippen molar-refractivity contribution in [1.29, 1.82) is 0 Å². The lowest BCUT2D eigenvalue weighted by molar-refractivity contribution is -0.143. The normalized spacial score (nSPS) is 15.9. The highest BCUT2D eigenvalue weighted by molar-refractivity contribution is 5.85. The second kappa shape index (κ2) is 4.08. The molecule has 15 heavy (non-hydrogen) atoms. The Hall–Kier alpha value is -1.26. The van der Waals surface area contributed by atoms with E-state index in [-0.39, 0.29) is 6.03 Å². The van der Waals surface area contributed by atoms with Gasteiger partial charge >= 0.3 is 12.0 Å². The Morgan fingerprint density at radius 2 is 2.00 bits per heavy atom. The molecule has 1 saturated carbocycles. The molecule has 2 N–H and O–H groups in total. The van der Waals surface area contributed by atoms with Crippen LogP contribution in [0.5, 0.6) is 0 Å². The molecule has 1 rings (SSSR count). The first-order chi connectivity index (χ1) is 6.88. The van der Waals surface area contributed by atoms with E-state index in [1.54, 1.807) is 4.90 Å². The lowest BCUT2D eigenvalue weighted by Gasteiger charge is -2.27. The standard InChI is InChI=1S/C10H18N2O3/c1-4-12(7-5-6-7)9(15)11-10(2,3)8(13)14/h7H,4-6H2,1-3H3,(H,11,15)(H,13,14). The lowest BCUT2D eigenvalue weighted by atomic mass is 10.1. The van der Waals surface area contributed by atoms with Gasteiger partial charge in [0.2, 0.25) is 0 Å². The van der Waals surface area contributed by atoms with E-state index < -0.39 is 11.5 Å². The van der Waals surface area contributed by atoms with E-state index >= 15 is 0 Å². The number of rotatable bonds is 4. The van der Waals surface area contributed by atoms with Crippen molar-refractivity contribution in [3.63, 3.8) is 0 Å². The molecule has 0 atom stereocenters. The Morgan fingerprint density at radius 1 is 1.47 bits per heavy atom. The molecule has 0 bridgehead atoms. The number of hydrogen-bond acceptors (Lipinski definition) is 2. The van der Waals surface area contributed by atoms with Crippen molar-refractivity contribution in [3.05, 3.63) is 0 Å². The third kappa shape index (κ3) is 2.84. The smallest absolute Gasteiger partial charge is 0.328 e. The average molecular weight is 214 g/mol. The summed E-state index contributed by atoms with van der Waals surface area (Å²) in [6.07, 6.45) is 2.05. The molecule has 0 aliphatic heterocycles. The number of hydrogen-bond donors (Lipinski definition) is 2. The zero-order valence-electron chi connectivity index (χ0n) is 9.41. The molecule has 0 aromatic rings. The zero-order chi connectivity index (χ0) is 11.6. The van der Waals surface area contributed by atoms with Crippen LogP contribution in [-0.2, 0) is 4.79 Å². The minimum absolute atomic E-state index is 0.285. The Labute approximate surface area is 89.4 Å². The molecule has 0 heterocycles. The highest BCUT2D eigenvalue weighted by Gasteiger charge is 2.36. The summed E-state index contributed by atoms with van der Waals surface area (Å²) in [5.41, 5.74) is -1.21. The number of aliphatic carboxylic acids is 1. The van der Waals surface area contributed by atoms with Crippen LogP contribution in [0.2, 0.25) is 0 Å². The van der Waals surface area contributed by atoms with Crippen molar-refractivity contribution in [3.8, 4) is 0 Å². The first-order valence-corrected chi connectivity index (χ1v) is 5.20. The van der Waals surface area contributed by atoms with Crippen molar-refractivity contribution in [2.24, 2.45) is 0 Å². The van der Waals surface area contributed by atoms with E-state index in [4.69, 9.17) is 5.11 Å². The number of nitrogens with zero attached hydrogens (tertiary/aromatic N) is 1. The number of nitrogens with one attached hydrogen (secondary N) is 1. The Kier molecular flexibility index (Phi) is 3.21. The minimum atomic E-state index is -1.21. The molecule has 5 nitrogen and oxygen atoms in total. The monoisotopic (exact) mass is 214 g/mol. The first kappa shape index (κ1) is 11.8. The first-order valence-electron chi connectivity index (χ1n) is 5.20. The maximum absolute atomic E-state index is 11.7. The van der Waals surface area contributed by atoms with Gasteiger partial charge in [0.15, 0.2) is 0 Å². The van der Waals surface area contributed by atoms with Gasteiger partial charge in [-0.25, -0.2) is 9.59 Å². The van der Waals surface area contributed by atoms with E-state index in [1.165, 1.54) is 13.8 Å². The van der Waals surface area contributed by atoms with Crippen molar-refractivity contribution >= 4 is 12.0 Å². The number of carbonyl (C=O) groups is 2. The third-order valence-electron chi connectivity index (χ3n) is 2.54. The van der Waals surface area contributed by atoms with E-state index in [2.05, 4.69) is 5.32 Å². The molecular formula is C10H18N2O3.